The molecule has 1 saturated heterocycles. The Morgan fingerprint density at radius 1 is 1.56 bits per heavy atom. The summed E-state index contributed by atoms with van der Waals surface area (Å²) in [4.78, 5) is 7.10. The molecule has 16 heavy (non-hydrogen) atoms. The number of hydrogen-bond acceptors (Lipinski definition) is 4. The minimum Gasteiger partial charge on any atom is -0.345 e. The Morgan fingerprint density at radius 3 is 3.12 bits per heavy atom. The molecule has 1 aliphatic rings. The van der Waals surface area contributed by atoms with Crippen molar-refractivity contribution in [3.8, 4) is 0 Å². The van der Waals surface area contributed by atoms with Crippen molar-refractivity contribution < 1.29 is 0 Å². The van der Waals surface area contributed by atoms with E-state index in [0.717, 1.165) is 5.69 Å². The summed E-state index contributed by atoms with van der Waals surface area (Å²) in [7, 11) is 0. The van der Waals surface area contributed by atoms with E-state index in [1.165, 1.54) is 43.8 Å². The van der Waals surface area contributed by atoms with E-state index in [2.05, 4.69) is 22.2 Å². The number of piperidine rings is 1. The quantitative estimate of drug-likeness (QED) is 0.878. The highest BCUT2D eigenvalue weighted by Gasteiger charge is 2.23. The van der Waals surface area contributed by atoms with Gasteiger partial charge in [0.2, 0.25) is 0 Å². The SMILES string of the molecule is CCCC1CCCCN1c1nc(CN)cs1. The van der Waals surface area contributed by atoms with Crippen LogP contribution >= 0.6 is 11.3 Å². The summed E-state index contributed by atoms with van der Waals surface area (Å²) in [5, 5.41) is 3.27. The van der Waals surface area contributed by atoms with E-state index >= 15 is 0 Å². The number of aromatic nitrogens is 1. The van der Waals surface area contributed by atoms with Crippen LogP contribution in [0.5, 0.6) is 0 Å². The predicted octanol–water partition coefficient (Wildman–Crippen LogP) is 2.76. The van der Waals surface area contributed by atoms with Gasteiger partial charge in [0.15, 0.2) is 5.13 Å². The molecule has 0 amide bonds. The van der Waals surface area contributed by atoms with Gasteiger partial charge in [-0.25, -0.2) is 4.98 Å². The lowest BCUT2D eigenvalue weighted by Crippen LogP contribution is -2.39. The third-order valence-corrected chi connectivity index (χ3v) is 4.17. The predicted molar refractivity (Wildman–Crippen MR) is 69.9 cm³/mol. The molecule has 0 aromatic carbocycles. The zero-order valence-corrected chi connectivity index (χ0v) is 10.8. The third-order valence-electron chi connectivity index (χ3n) is 3.24. The van der Waals surface area contributed by atoms with Gasteiger partial charge >= 0.3 is 0 Å². The molecule has 3 nitrogen and oxygen atoms in total. The van der Waals surface area contributed by atoms with Crippen molar-refractivity contribution in [1.29, 1.82) is 0 Å². The Labute approximate surface area is 102 Å². The van der Waals surface area contributed by atoms with Crippen LogP contribution in [0.25, 0.3) is 0 Å². The molecule has 90 valence electrons. The molecule has 1 aromatic rings. The second kappa shape index (κ2) is 5.64. The average molecular weight is 239 g/mol. The zero-order valence-electron chi connectivity index (χ0n) is 9.98. The molecular weight excluding hydrogens is 218 g/mol. The summed E-state index contributed by atoms with van der Waals surface area (Å²) in [6.07, 6.45) is 6.55. The van der Waals surface area contributed by atoms with E-state index in [9.17, 15) is 0 Å². The Morgan fingerprint density at radius 2 is 2.44 bits per heavy atom. The van der Waals surface area contributed by atoms with Crippen molar-refractivity contribution in [2.24, 2.45) is 5.73 Å². The van der Waals surface area contributed by atoms with Crippen LogP contribution < -0.4 is 10.6 Å². The second-order valence-electron chi connectivity index (χ2n) is 4.46. The van der Waals surface area contributed by atoms with Crippen molar-refractivity contribution in [2.75, 3.05) is 11.4 Å². The summed E-state index contributed by atoms with van der Waals surface area (Å²) < 4.78 is 0. The van der Waals surface area contributed by atoms with E-state index in [0.29, 0.717) is 12.6 Å². The molecule has 2 N–H and O–H groups in total. The Hall–Kier alpha value is -0.610. The fourth-order valence-electron chi connectivity index (χ4n) is 2.41. The molecule has 0 bridgehead atoms. The van der Waals surface area contributed by atoms with Crippen LogP contribution in [0.1, 0.15) is 44.7 Å². The minimum absolute atomic E-state index is 0.558. The van der Waals surface area contributed by atoms with Crippen LogP contribution in [0.3, 0.4) is 0 Å². The number of hydrogen-bond donors (Lipinski definition) is 1. The van der Waals surface area contributed by atoms with Gasteiger partial charge in [0.1, 0.15) is 0 Å². The smallest absolute Gasteiger partial charge is 0.185 e. The molecule has 0 spiro atoms. The van der Waals surface area contributed by atoms with Crippen LogP contribution in [-0.2, 0) is 6.54 Å². The van der Waals surface area contributed by atoms with Gasteiger partial charge in [-0.1, -0.05) is 13.3 Å². The molecular formula is C12H21N3S. The minimum atomic E-state index is 0.558. The summed E-state index contributed by atoms with van der Waals surface area (Å²) in [6, 6.07) is 0.704. The normalized spacial score (nSPS) is 21.4. The zero-order chi connectivity index (χ0) is 11.4. The van der Waals surface area contributed by atoms with Crippen LogP contribution in [-0.4, -0.2) is 17.6 Å². The molecule has 0 radical (unpaired) electrons. The van der Waals surface area contributed by atoms with E-state index in [-0.39, 0.29) is 0 Å². The first-order valence-corrected chi connectivity index (χ1v) is 7.14. The van der Waals surface area contributed by atoms with Gasteiger partial charge in [-0.15, -0.1) is 11.3 Å². The van der Waals surface area contributed by atoms with Crippen molar-refractivity contribution in [1.82, 2.24) is 4.98 Å². The number of rotatable bonds is 4. The molecule has 1 aromatic heterocycles. The molecule has 2 rings (SSSR count). The van der Waals surface area contributed by atoms with E-state index in [1.54, 1.807) is 11.3 Å². The highest BCUT2D eigenvalue weighted by Crippen LogP contribution is 2.29. The van der Waals surface area contributed by atoms with Crippen LogP contribution in [0.2, 0.25) is 0 Å². The molecule has 4 heteroatoms. The summed E-state index contributed by atoms with van der Waals surface area (Å²) in [5.41, 5.74) is 6.64. The lowest BCUT2D eigenvalue weighted by Gasteiger charge is -2.35. The van der Waals surface area contributed by atoms with Crippen molar-refractivity contribution >= 4 is 16.5 Å². The van der Waals surface area contributed by atoms with Crippen LogP contribution in [0.4, 0.5) is 5.13 Å². The molecule has 2 heterocycles. The van der Waals surface area contributed by atoms with Gasteiger partial charge in [-0.2, -0.15) is 0 Å². The fraction of sp³-hybridized carbons (Fsp3) is 0.750. The second-order valence-corrected chi connectivity index (χ2v) is 5.29. The fourth-order valence-corrected chi connectivity index (χ4v) is 3.34. The first-order chi connectivity index (χ1) is 7.85. The third kappa shape index (κ3) is 2.55. The first-order valence-electron chi connectivity index (χ1n) is 6.26. The van der Waals surface area contributed by atoms with Gasteiger partial charge < -0.3 is 10.6 Å². The van der Waals surface area contributed by atoms with Crippen molar-refractivity contribution in [3.05, 3.63) is 11.1 Å². The van der Waals surface area contributed by atoms with Gasteiger partial charge in [-0.05, 0) is 25.7 Å². The molecule has 1 unspecified atom stereocenters. The largest absolute Gasteiger partial charge is 0.345 e. The molecule has 1 fully saturated rings. The summed E-state index contributed by atoms with van der Waals surface area (Å²) in [5.74, 6) is 0. The highest BCUT2D eigenvalue weighted by molar-refractivity contribution is 7.13. The number of anilines is 1. The Kier molecular flexibility index (Phi) is 4.18. The van der Waals surface area contributed by atoms with E-state index in [1.807, 2.05) is 0 Å². The number of thiazole rings is 1. The summed E-state index contributed by atoms with van der Waals surface area (Å²) >= 11 is 1.75. The lowest BCUT2D eigenvalue weighted by molar-refractivity contribution is 0.434. The van der Waals surface area contributed by atoms with Crippen molar-refractivity contribution in [3.63, 3.8) is 0 Å². The molecule has 0 saturated carbocycles. The molecule has 1 atom stereocenters. The van der Waals surface area contributed by atoms with Gasteiger partial charge in [-0.3, -0.25) is 0 Å². The van der Waals surface area contributed by atoms with Gasteiger partial charge in [0.25, 0.3) is 0 Å². The first kappa shape index (κ1) is 11.9. The van der Waals surface area contributed by atoms with Crippen molar-refractivity contribution in [2.45, 2.75) is 51.6 Å². The molecule has 1 aliphatic heterocycles. The maximum absolute atomic E-state index is 5.61. The maximum Gasteiger partial charge on any atom is 0.185 e. The van der Waals surface area contributed by atoms with Gasteiger partial charge in [0.05, 0.1) is 5.69 Å². The number of nitrogens with two attached hydrogens (primary N) is 1. The topological polar surface area (TPSA) is 42.2 Å². The maximum atomic E-state index is 5.61. The van der Waals surface area contributed by atoms with Crippen LogP contribution in [0.15, 0.2) is 5.38 Å². The van der Waals surface area contributed by atoms with Crippen LogP contribution in [0, 0.1) is 0 Å². The monoisotopic (exact) mass is 239 g/mol. The summed E-state index contributed by atoms with van der Waals surface area (Å²) in [6.45, 7) is 3.99. The van der Waals surface area contributed by atoms with E-state index < -0.39 is 0 Å². The highest BCUT2D eigenvalue weighted by atomic mass is 32.1. The Bertz CT molecular complexity index is 322. The standard InChI is InChI=1S/C12H21N3S/c1-2-5-11-6-3-4-7-15(11)12-14-10(8-13)9-16-12/h9,11H,2-8,13H2,1H3. The molecule has 0 aliphatic carbocycles. The number of nitrogens with zero attached hydrogens (tertiary/aromatic N) is 2. The van der Waals surface area contributed by atoms with Gasteiger partial charge in [0, 0.05) is 24.5 Å². The Balaban J connectivity index is 2.09. The van der Waals surface area contributed by atoms with E-state index in [4.69, 9.17) is 5.73 Å². The average Bonchev–Trinajstić information content (AvgIpc) is 2.79. The lowest BCUT2D eigenvalue weighted by atomic mass is 9.99.